The van der Waals surface area contributed by atoms with Gasteiger partial charge in [-0.3, -0.25) is 9.59 Å². The van der Waals surface area contributed by atoms with E-state index in [1.807, 2.05) is 73.6 Å². The Bertz CT molecular complexity index is 736. The summed E-state index contributed by atoms with van der Waals surface area (Å²) in [5.74, 6) is -0.402. The normalized spacial score (nSPS) is 11.7. The molecule has 4 atom stereocenters. The molecule has 0 saturated heterocycles. The Morgan fingerprint density at radius 2 is 1.29 bits per heavy atom. The van der Waals surface area contributed by atoms with Gasteiger partial charge in [0.25, 0.3) is 0 Å². The number of aromatic nitrogens is 1. The van der Waals surface area contributed by atoms with Crippen molar-refractivity contribution in [2.45, 2.75) is 110 Å². The van der Waals surface area contributed by atoms with Gasteiger partial charge in [-0.05, 0) is 60.4 Å². The quantitative estimate of drug-likeness (QED) is 0.0472. The summed E-state index contributed by atoms with van der Waals surface area (Å²) in [5, 5.41) is 42.0. The molecule has 288 valence electrons. The van der Waals surface area contributed by atoms with Crippen LogP contribution in [0.5, 0.6) is 0 Å². The third kappa shape index (κ3) is 51.5. The molecule has 1 rings (SSSR count). The van der Waals surface area contributed by atoms with Crippen molar-refractivity contribution in [3.63, 3.8) is 0 Å². The number of aliphatic hydroxyl groups excluding tert-OH is 3. The minimum Gasteiger partial charge on any atom is -0.813 e. The molecule has 0 fully saturated rings. The molecular weight excluding hydrogens is 790 g/mol. The van der Waals surface area contributed by atoms with Crippen LogP contribution in [0.2, 0.25) is 0 Å². The molecule has 0 aliphatic heterocycles. The van der Waals surface area contributed by atoms with Gasteiger partial charge >= 0.3 is 41.5 Å². The van der Waals surface area contributed by atoms with E-state index in [2.05, 4.69) is 60.0 Å². The summed E-state index contributed by atoms with van der Waals surface area (Å²) in [5.41, 5.74) is 0. The number of aliphatic hydroxyl groups is 3. The summed E-state index contributed by atoms with van der Waals surface area (Å²) in [4.78, 5) is 24.0. The number of ether oxygens (including phenoxy) is 1. The number of carboxylic acids is 2. The zero-order valence-electron chi connectivity index (χ0n) is 29.7. The van der Waals surface area contributed by atoms with E-state index in [1.54, 1.807) is 27.8 Å². The van der Waals surface area contributed by atoms with Gasteiger partial charge < -0.3 is 43.8 Å². The number of thiol groups is 3. The van der Waals surface area contributed by atoms with E-state index in [0.29, 0.717) is 11.8 Å². The van der Waals surface area contributed by atoms with Gasteiger partial charge in [-0.2, -0.15) is 25.3 Å². The van der Waals surface area contributed by atoms with Crippen LogP contribution in [0.15, 0.2) is 29.4 Å². The molecule has 0 radical (unpaired) electrons. The minimum absolute atomic E-state index is 0. The van der Waals surface area contributed by atoms with E-state index in [4.69, 9.17) is 30.3 Å². The third-order valence-electron chi connectivity index (χ3n) is 4.89. The average molecular weight is 859 g/mol. The molecule has 0 aromatic carbocycles. The predicted octanol–water partition coefficient (Wildman–Crippen LogP) is 4.95. The van der Waals surface area contributed by atoms with Crippen LogP contribution in [0.4, 0.5) is 0 Å². The molecule has 0 aliphatic rings. The predicted molar refractivity (Wildman–Crippen MR) is 221 cm³/mol. The molecule has 5 N–H and O–H groups in total. The number of alkyl halides is 1. The van der Waals surface area contributed by atoms with Gasteiger partial charge in [0, 0.05) is 37.0 Å². The maximum atomic E-state index is 10.1. The Labute approximate surface area is 350 Å². The topological polar surface area (TPSA) is 157 Å². The Hall–Kier alpha value is 1.16. The van der Waals surface area contributed by atoms with Gasteiger partial charge in [0.2, 0.25) is 0 Å². The number of nitrogens with zero attached hydrogens (tertiary/aromatic N) is 1. The van der Waals surface area contributed by atoms with Crippen LogP contribution < -0.4 is 29.6 Å². The fourth-order valence-electron chi connectivity index (χ4n) is 1.85. The molecule has 0 aliphatic carbocycles. The van der Waals surface area contributed by atoms with Gasteiger partial charge in [-0.25, -0.2) is 4.98 Å². The van der Waals surface area contributed by atoms with Crippen LogP contribution in [0.1, 0.15) is 84.1 Å². The summed E-state index contributed by atoms with van der Waals surface area (Å²) in [6, 6.07) is 5.85. The molecule has 0 unspecified atom stereocenters. The Balaban J connectivity index is -0.0000000570. The molecule has 1 aromatic rings. The van der Waals surface area contributed by atoms with Crippen LogP contribution in [0, 0.1) is 23.7 Å². The second-order valence-electron chi connectivity index (χ2n) is 10.1. The van der Waals surface area contributed by atoms with Crippen molar-refractivity contribution >= 4 is 88.2 Å². The van der Waals surface area contributed by atoms with Crippen LogP contribution >= 0.6 is 62.8 Å². The van der Waals surface area contributed by atoms with E-state index in [0.717, 1.165) is 25.3 Å². The first-order chi connectivity index (χ1) is 20.4. The molecule has 0 amide bonds. The smallest absolute Gasteiger partial charge is 0.813 e. The molecule has 0 bridgehead atoms. The van der Waals surface area contributed by atoms with Gasteiger partial charge in [0.05, 0.1) is 13.2 Å². The number of carboxylic acid groups (broad SMARTS) is 2. The molecule has 16 heteroatoms. The molecule has 1 heterocycles. The summed E-state index contributed by atoms with van der Waals surface area (Å²) in [7, 11) is 4.31. The van der Waals surface area contributed by atoms with Crippen molar-refractivity contribution in [1.29, 1.82) is 0 Å². The number of carbonyl (C=O) groups is 2. The van der Waals surface area contributed by atoms with Crippen LogP contribution in [0.3, 0.4) is 0 Å². The van der Waals surface area contributed by atoms with Crippen molar-refractivity contribution in [3.8, 4) is 0 Å². The van der Waals surface area contributed by atoms with E-state index in [9.17, 15) is 9.59 Å². The largest absolute Gasteiger partial charge is 1.00 e. The number of pyridine rings is 1. The molecule has 48 heavy (non-hydrogen) atoms. The first-order valence-electron chi connectivity index (χ1n) is 14.4. The fourth-order valence-corrected chi connectivity index (χ4v) is 4.40. The first kappa shape index (κ1) is 70.7. The van der Waals surface area contributed by atoms with E-state index in [-0.39, 0.29) is 93.5 Å². The Morgan fingerprint density at radius 3 is 1.44 bits per heavy atom. The summed E-state index contributed by atoms with van der Waals surface area (Å²) < 4.78 is 4.83. The van der Waals surface area contributed by atoms with E-state index < -0.39 is 22.0 Å². The third-order valence-corrected chi connectivity index (χ3v) is 10.9. The molecule has 0 saturated carbocycles. The van der Waals surface area contributed by atoms with Crippen molar-refractivity contribution < 1.29 is 69.4 Å². The second kappa shape index (κ2) is 50.3. The number of rotatable bonds is 13. The summed E-state index contributed by atoms with van der Waals surface area (Å²) >= 11 is 10.9. The number of halogens is 1. The number of aliphatic carboxylic acids is 2. The maximum absolute atomic E-state index is 10.1. The van der Waals surface area contributed by atoms with Gasteiger partial charge in [-0.1, -0.05) is 103 Å². The second-order valence-corrected chi connectivity index (χ2v) is 14.8. The zero-order chi connectivity index (χ0) is 35.8. The molecule has 0 spiro atoms. The van der Waals surface area contributed by atoms with E-state index in [1.165, 1.54) is 0 Å². The average Bonchev–Trinajstić information content (AvgIpc) is 2.99. The van der Waals surface area contributed by atoms with Crippen LogP contribution in [-0.2, 0) is 27.8 Å². The first-order valence-corrected chi connectivity index (χ1v) is 18.5. The maximum Gasteiger partial charge on any atom is 1.00 e. The van der Waals surface area contributed by atoms with Gasteiger partial charge in [0.15, 0.2) is 0 Å². The van der Waals surface area contributed by atoms with Crippen LogP contribution in [0.25, 0.3) is 0 Å². The standard InChI is InChI=1S/C10H15NOS2.C5H9BrO2.C5H10O2S.C5H12OS.C4H10O.CH4O.2CH4.Na.H2S/c1-8(2)9(7-12)13-14-10-5-3-4-6-11-10;1-3(2)4(6)5(7)8;1-3(2)4(8)5(6)7;1-4(2)5(7)3-6;1-3-5-4-2;1-2;;;;/h3-6,8-9,12H,7H2,1-2H3;3-4H,1-2H3,(H,7,8);3-4,8H,1-2H3,(H,6,7);4-7H,3H2,1-2H3;3-4H2,1-2H3;2H,1H3;2*1H4;;1H2/q;;;;;;;;+1;/p-1/t9-;2*4-;5-;;;;;;/m1101....../s1. The zero-order valence-corrected chi connectivity index (χ0v) is 37.6. The minimum atomic E-state index is -0.844. The van der Waals surface area contributed by atoms with Gasteiger partial charge in [-0.15, -0.1) is 0 Å². The number of hydrogen-bond donors (Lipinski definition) is 7. The van der Waals surface area contributed by atoms with Crippen molar-refractivity contribution in [1.82, 2.24) is 4.98 Å². The van der Waals surface area contributed by atoms with Gasteiger partial charge in [0.1, 0.15) is 15.1 Å². The summed E-state index contributed by atoms with van der Waals surface area (Å²) in [6.45, 7) is 21.7. The fraction of sp³-hybridized carbons (Fsp3) is 0.781. The van der Waals surface area contributed by atoms with Crippen molar-refractivity contribution in [2.75, 3.05) is 33.5 Å². The number of hydrogen-bond acceptors (Lipinski definition) is 12. The molecular formula is C32H69BrNNaO8S5. The Kier molecular flexibility index (Phi) is 74.0. The monoisotopic (exact) mass is 857 g/mol. The van der Waals surface area contributed by atoms with Crippen LogP contribution in [-0.4, -0.2) is 96.6 Å². The Morgan fingerprint density at radius 1 is 0.833 bits per heavy atom. The van der Waals surface area contributed by atoms with E-state index >= 15 is 0 Å². The van der Waals surface area contributed by atoms with Crippen molar-refractivity contribution in [2.24, 2.45) is 23.7 Å². The molecule has 1 aromatic heterocycles. The van der Waals surface area contributed by atoms with Crippen molar-refractivity contribution in [3.05, 3.63) is 24.4 Å². The SMILES string of the molecule is C.C.CC(C)[C@@H](Br)C(=O)O.CC(C)[C@@H](CO)SSc1ccccn1.CC(C)[C@H](S)C(=O)O.CC(C)[C@H](S)CO.CCOCC.CO.[Na+].[SH-]. The molecule has 9 nitrogen and oxygen atoms in total. The summed E-state index contributed by atoms with van der Waals surface area (Å²) in [6.07, 6.45) is 1.78.